The lowest BCUT2D eigenvalue weighted by Crippen LogP contribution is -2.24. The Kier molecular flexibility index (Phi) is 4.93. The van der Waals surface area contributed by atoms with Crippen molar-refractivity contribution in [2.45, 2.75) is 19.9 Å². The van der Waals surface area contributed by atoms with E-state index in [0.29, 0.717) is 13.0 Å². The highest BCUT2D eigenvalue weighted by Gasteiger charge is 2.13. The van der Waals surface area contributed by atoms with Gasteiger partial charge in [0.1, 0.15) is 11.5 Å². The third-order valence-electron chi connectivity index (χ3n) is 4.31. The fourth-order valence-electron chi connectivity index (χ4n) is 2.88. The number of aromatic amines is 1. The summed E-state index contributed by atoms with van der Waals surface area (Å²) in [6, 6.07) is 13.5. The fourth-order valence-corrected chi connectivity index (χ4v) is 2.88. The Bertz CT molecular complexity index is 882. The summed E-state index contributed by atoms with van der Waals surface area (Å²) in [5.74, 6) is 1.58. The summed E-state index contributed by atoms with van der Waals surface area (Å²) >= 11 is 0. The average molecular weight is 338 g/mol. The minimum absolute atomic E-state index is 0.0114. The van der Waals surface area contributed by atoms with E-state index < -0.39 is 0 Å². The topological polar surface area (TPSA) is 63.3 Å². The smallest absolute Gasteiger partial charge is 0.224 e. The summed E-state index contributed by atoms with van der Waals surface area (Å²) in [5, 5.41) is 3.99. The molecule has 25 heavy (non-hydrogen) atoms. The number of carbonyl (C=O) groups excluding carboxylic acids is 1. The van der Waals surface area contributed by atoms with E-state index in [-0.39, 0.29) is 5.91 Å². The van der Waals surface area contributed by atoms with Gasteiger partial charge in [-0.15, -0.1) is 0 Å². The number of hydrogen-bond acceptors (Lipinski definition) is 3. The highest BCUT2D eigenvalue weighted by atomic mass is 16.5. The van der Waals surface area contributed by atoms with Crippen molar-refractivity contribution in [1.82, 2.24) is 10.3 Å². The predicted octanol–water partition coefficient (Wildman–Crippen LogP) is 3.35. The zero-order chi connectivity index (χ0) is 17.8. The van der Waals surface area contributed by atoms with Crippen LogP contribution in [0.15, 0.2) is 42.5 Å². The van der Waals surface area contributed by atoms with Crippen molar-refractivity contribution in [1.29, 1.82) is 0 Å². The summed E-state index contributed by atoms with van der Waals surface area (Å²) in [6.07, 6.45) is 0.329. The molecule has 0 spiro atoms. The number of H-pyrrole nitrogens is 1. The van der Waals surface area contributed by atoms with Gasteiger partial charge in [0.2, 0.25) is 5.91 Å². The van der Waals surface area contributed by atoms with Crippen molar-refractivity contribution in [3.05, 3.63) is 59.3 Å². The summed E-state index contributed by atoms with van der Waals surface area (Å²) < 4.78 is 10.4. The van der Waals surface area contributed by atoms with Crippen molar-refractivity contribution in [3.8, 4) is 11.5 Å². The maximum atomic E-state index is 12.4. The molecule has 1 heterocycles. The second-order valence-corrected chi connectivity index (χ2v) is 5.94. The molecule has 0 saturated carbocycles. The van der Waals surface area contributed by atoms with Gasteiger partial charge in [0, 0.05) is 23.1 Å². The number of benzene rings is 2. The van der Waals surface area contributed by atoms with Crippen molar-refractivity contribution in [3.63, 3.8) is 0 Å². The van der Waals surface area contributed by atoms with Crippen LogP contribution < -0.4 is 14.8 Å². The van der Waals surface area contributed by atoms with Gasteiger partial charge in [0.05, 0.1) is 20.6 Å². The molecule has 0 saturated heterocycles. The Morgan fingerprint density at radius 2 is 1.72 bits per heavy atom. The first-order chi connectivity index (χ1) is 12.1. The number of fused-ring (bicyclic) bond motifs is 1. The van der Waals surface area contributed by atoms with Gasteiger partial charge >= 0.3 is 0 Å². The summed E-state index contributed by atoms with van der Waals surface area (Å²) in [6.45, 7) is 2.48. The zero-order valence-electron chi connectivity index (χ0n) is 14.7. The molecule has 3 aromatic rings. The number of rotatable bonds is 6. The monoisotopic (exact) mass is 338 g/mol. The largest absolute Gasteiger partial charge is 0.497 e. The molecule has 0 aliphatic heterocycles. The summed E-state index contributed by atoms with van der Waals surface area (Å²) in [5.41, 5.74) is 4.05. The molecule has 5 heteroatoms. The number of carbonyl (C=O) groups is 1. The van der Waals surface area contributed by atoms with Gasteiger partial charge in [-0.25, -0.2) is 0 Å². The zero-order valence-corrected chi connectivity index (χ0v) is 14.7. The third kappa shape index (κ3) is 3.76. The predicted molar refractivity (Wildman–Crippen MR) is 98.1 cm³/mol. The molecule has 2 aromatic carbocycles. The molecule has 130 valence electrons. The Labute approximate surface area is 147 Å². The van der Waals surface area contributed by atoms with Gasteiger partial charge in [0.25, 0.3) is 0 Å². The van der Waals surface area contributed by atoms with Crippen LogP contribution in [0.4, 0.5) is 0 Å². The molecule has 0 bridgehead atoms. The van der Waals surface area contributed by atoms with Crippen LogP contribution in [0.1, 0.15) is 16.8 Å². The van der Waals surface area contributed by atoms with Crippen LogP contribution in [0.3, 0.4) is 0 Å². The number of aryl methyl sites for hydroxylation is 1. The molecular formula is C20H22N2O3. The second kappa shape index (κ2) is 7.30. The molecule has 0 aliphatic rings. The molecule has 1 amide bonds. The van der Waals surface area contributed by atoms with E-state index in [4.69, 9.17) is 9.47 Å². The number of nitrogens with one attached hydrogen (secondary N) is 2. The number of ether oxygens (including phenoxy) is 2. The Balaban J connectivity index is 1.69. The van der Waals surface area contributed by atoms with Crippen LogP contribution in [0.25, 0.3) is 10.9 Å². The number of amides is 1. The molecule has 0 atom stereocenters. The lowest BCUT2D eigenvalue weighted by Gasteiger charge is -2.07. The van der Waals surface area contributed by atoms with Crippen LogP contribution in [-0.4, -0.2) is 25.1 Å². The van der Waals surface area contributed by atoms with Gasteiger partial charge in [-0.2, -0.15) is 0 Å². The summed E-state index contributed by atoms with van der Waals surface area (Å²) in [4.78, 5) is 15.7. The van der Waals surface area contributed by atoms with Crippen LogP contribution in [0.5, 0.6) is 11.5 Å². The van der Waals surface area contributed by atoms with E-state index >= 15 is 0 Å². The van der Waals surface area contributed by atoms with E-state index in [0.717, 1.165) is 39.2 Å². The number of aromatic nitrogens is 1. The van der Waals surface area contributed by atoms with Crippen molar-refractivity contribution in [2.75, 3.05) is 14.2 Å². The molecule has 5 nitrogen and oxygen atoms in total. The molecule has 0 fully saturated rings. The molecule has 0 radical (unpaired) electrons. The van der Waals surface area contributed by atoms with Gasteiger partial charge < -0.3 is 19.8 Å². The quantitative estimate of drug-likeness (QED) is 0.724. The van der Waals surface area contributed by atoms with Crippen LogP contribution in [-0.2, 0) is 17.8 Å². The molecule has 0 unspecified atom stereocenters. The van der Waals surface area contributed by atoms with E-state index in [9.17, 15) is 4.79 Å². The Morgan fingerprint density at radius 3 is 2.40 bits per heavy atom. The Morgan fingerprint density at radius 1 is 1.04 bits per heavy atom. The van der Waals surface area contributed by atoms with Crippen molar-refractivity contribution < 1.29 is 14.3 Å². The molecule has 2 N–H and O–H groups in total. The minimum atomic E-state index is -0.0114. The van der Waals surface area contributed by atoms with Gasteiger partial charge in [0.15, 0.2) is 0 Å². The third-order valence-corrected chi connectivity index (χ3v) is 4.31. The standard InChI is InChI=1S/C20H22N2O3/c1-13-17(18-10-16(25-3)8-9-19(18)22-13)11-20(23)21-12-14-4-6-15(24-2)7-5-14/h4-10,22H,11-12H2,1-3H3,(H,21,23). The first kappa shape index (κ1) is 16.9. The van der Waals surface area contributed by atoms with Crippen LogP contribution in [0, 0.1) is 6.92 Å². The number of hydrogen-bond donors (Lipinski definition) is 2. The van der Waals surface area contributed by atoms with E-state index in [1.54, 1.807) is 14.2 Å². The van der Waals surface area contributed by atoms with E-state index in [1.807, 2.05) is 49.4 Å². The molecular weight excluding hydrogens is 316 g/mol. The SMILES string of the molecule is COc1ccc(CNC(=O)Cc2c(C)[nH]c3ccc(OC)cc23)cc1. The molecule has 3 rings (SSSR count). The normalized spacial score (nSPS) is 10.7. The van der Waals surface area contributed by atoms with Crippen LogP contribution in [0.2, 0.25) is 0 Å². The highest BCUT2D eigenvalue weighted by Crippen LogP contribution is 2.26. The first-order valence-corrected chi connectivity index (χ1v) is 8.15. The lowest BCUT2D eigenvalue weighted by molar-refractivity contribution is -0.120. The van der Waals surface area contributed by atoms with Crippen molar-refractivity contribution >= 4 is 16.8 Å². The number of methoxy groups -OCH3 is 2. The minimum Gasteiger partial charge on any atom is -0.497 e. The summed E-state index contributed by atoms with van der Waals surface area (Å²) in [7, 11) is 3.28. The van der Waals surface area contributed by atoms with Crippen molar-refractivity contribution in [2.24, 2.45) is 0 Å². The van der Waals surface area contributed by atoms with Gasteiger partial charge in [-0.1, -0.05) is 12.1 Å². The second-order valence-electron chi connectivity index (χ2n) is 5.94. The molecule has 1 aromatic heterocycles. The van der Waals surface area contributed by atoms with Crippen LogP contribution >= 0.6 is 0 Å². The Hall–Kier alpha value is -2.95. The van der Waals surface area contributed by atoms with Gasteiger partial charge in [-0.05, 0) is 48.4 Å². The highest BCUT2D eigenvalue weighted by molar-refractivity contribution is 5.91. The maximum Gasteiger partial charge on any atom is 0.224 e. The average Bonchev–Trinajstić information content (AvgIpc) is 2.95. The fraction of sp³-hybridized carbons (Fsp3) is 0.250. The maximum absolute atomic E-state index is 12.4. The lowest BCUT2D eigenvalue weighted by atomic mass is 10.1. The molecule has 0 aliphatic carbocycles. The van der Waals surface area contributed by atoms with Gasteiger partial charge in [-0.3, -0.25) is 4.79 Å². The first-order valence-electron chi connectivity index (χ1n) is 8.15. The van der Waals surface area contributed by atoms with E-state index in [2.05, 4.69) is 10.3 Å². The van der Waals surface area contributed by atoms with E-state index in [1.165, 1.54) is 0 Å².